The highest BCUT2D eigenvalue weighted by Gasteiger charge is 2.18. The summed E-state index contributed by atoms with van der Waals surface area (Å²) in [6, 6.07) is 7.81. The Balaban J connectivity index is 1.91. The SMILES string of the molecule is Cc1ccc(C(=O)NC[C@H](O)CO)cc1-n1c(C)nc(OCc2ccc(F)cc2F)c(Br)c1=O. The summed E-state index contributed by atoms with van der Waals surface area (Å²) in [6.45, 7) is 2.44. The predicted molar refractivity (Wildman–Crippen MR) is 123 cm³/mol. The van der Waals surface area contributed by atoms with Crippen LogP contribution in [0.25, 0.3) is 5.69 Å². The van der Waals surface area contributed by atoms with Gasteiger partial charge in [0.05, 0.1) is 18.4 Å². The van der Waals surface area contributed by atoms with Crippen LogP contribution < -0.4 is 15.6 Å². The quantitative estimate of drug-likeness (QED) is 0.407. The molecular weight excluding hydrogens is 516 g/mol. The van der Waals surface area contributed by atoms with Gasteiger partial charge in [0.2, 0.25) is 5.88 Å². The molecule has 0 unspecified atom stereocenters. The average Bonchev–Trinajstić information content (AvgIpc) is 2.80. The van der Waals surface area contributed by atoms with Crippen LogP contribution in [0.15, 0.2) is 45.7 Å². The van der Waals surface area contributed by atoms with Crippen LogP contribution >= 0.6 is 15.9 Å². The summed E-state index contributed by atoms with van der Waals surface area (Å²) in [5.41, 5.74) is 0.909. The van der Waals surface area contributed by atoms with Crippen molar-refractivity contribution in [2.45, 2.75) is 26.6 Å². The van der Waals surface area contributed by atoms with Crippen LogP contribution in [0.1, 0.15) is 27.3 Å². The second-order valence-electron chi connectivity index (χ2n) is 7.49. The van der Waals surface area contributed by atoms with E-state index in [1.54, 1.807) is 26.0 Å². The van der Waals surface area contributed by atoms with Crippen LogP contribution in [0.3, 0.4) is 0 Å². The van der Waals surface area contributed by atoms with Gasteiger partial charge in [-0.25, -0.2) is 8.78 Å². The van der Waals surface area contributed by atoms with Gasteiger partial charge in [0.1, 0.15) is 28.5 Å². The zero-order valence-corrected chi connectivity index (χ0v) is 19.9. The number of hydrogen-bond acceptors (Lipinski definition) is 6. The molecule has 0 radical (unpaired) electrons. The maximum Gasteiger partial charge on any atom is 0.276 e. The Hall–Kier alpha value is -3.15. The summed E-state index contributed by atoms with van der Waals surface area (Å²) in [4.78, 5) is 29.9. The van der Waals surface area contributed by atoms with Gasteiger partial charge in [0.15, 0.2) is 0 Å². The average molecular weight is 538 g/mol. The van der Waals surface area contributed by atoms with Gasteiger partial charge in [-0.05, 0) is 59.6 Å². The highest BCUT2D eigenvalue weighted by atomic mass is 79.9. The molecule has 8 nitrogen and oxygen atoms in total. The number of nitrogens with one attached hydrogen (secondary N) is 1. The lowest BCUT2D eigenvalue weighted by Crippen LogP contribution is -2.34. The number of benzene rings is 2. The summed E-state index contributed by atoms with van der Waals surface area (Å²) >= 11 is 3.18. The van der Waals surface area contributed by atoms with Gasteiger partial charge in [-0.3, -0.25) is 14.2 Å². The molecule has 0 fully saturated rings. The van der Waals surface area contributed by atoms with Crippen LogP contribution in [0.2, 0.25) is 0 Å². The molecule has 1 heterocycles. The third kappa shape index (κ3) is 5.66. The Kier molecular flexibility index (Phi) is 8.13. The molecule has 0 saturated heterocycles. The standard InChI is InChI=1S/C23H22BrF2N3O5/c1-12-3-4-14(21(32)27-9-17(31)10-30)7-19(12)29-13(2)28-22(20(24)23(29)33)34-11-15-5-6-16(25)8-18(15)26/h3-8,17,30-31H,9-11H2,1-2H3,(H,27,32)/t17-/m0/s1. The van der Waals surface area contributed by atoms with Gasteiger partial charge in [0.25, 0.3) is 11.5 Å². The third-order valence-electron chi connectivity index (χ3n) is 4.97. The molecule has 0 bridgehead atoms. The van der Waals surface area contributed by atoms with Gasteiger partial charge >= 0.3 is 0 Å². The van der Waals surface area contributed by atoms with E-state index in [-0.39, 0.29) is 40.5 Å². The maximum absolute atomic E-state index is 13.9. The lowest BCUT2D eigenvalue weighted by atomic mass is 10.1. The van der Waals surface area contributed by atoms with Crippen molar-refractivity contribution in [2.75, 3.05) is 13.2 Å². The molecule has 0 spiro atoms. The van der Waals surface area contributed by atoms with Crippen molar-refractivity contribution in [3.8, 4) is 11.6 Å². The highest BCUT2D eigenvalue weighted by Crippen LogP contribution is 2.24. The predicted octanol–water partition coefficient (Wildman–Crippen LogP) is 2.55. The van der Waals surface area contributed by atoms with Crippen molar-refractivity contribution in [1.82, 2.24) is 14.9 Å². The van der Waals surface area contributed by atoms with Crippen LogP contribution in [0.5, 0.6) is 5.88 Å². The van der Waals surface area contributed by atoms with Gasteiger partial charge in [-0.15, -0.1) is 0 Å². The first-order valence-electron chi connectivity index (χ1n) is 10.2. The minimum absolute atomic E-state index is 0.0130. The van der Waals surface area contributed by atoms with Gasteiger partial charge < -0.3 is 20.3 Å². The third-order valence-corrected chi connectivity index (χ3v) is 5.64. The molecule has 3 rings (SSSR count). The van der Waals surface area contributed by atoms with Crippen LogP contribution in [0, 0.1) is 25.5 Å². The summed E-state index contributed by atoms with van der Waals surface area (Å²) in [5, 5.41) is 20.8. The normalized spacial score (nSPS) is 11.9. The topological polar surface area (TPSA) is 114 Å². The van der Waals surface area contributed by atoms with Crippen molar-refractivity contribution < 1.29 is 28.5 Å². The zero-order valence-electron chi connectivity index (χ0n) is 18.3. The van der Waals surface area contributed by atoms with E-state index in [0.717, 1.165) is 12.1 Å². The molecule has 0 aliphatic carbocycles. The summed E-state index contributed by atoms with van der Waals surface area (Å²) in [5.74, 6) is -1.80. The lowest BCUT2D eigenvalue weighted by Gasteiger charge is -2.16. The molecule has 0 aliphatic heterocycles. The molecule has 3 N–H and O–H groups in total. The minimum Gasteiger partial charge on any atom is -0.472 e. The van der Waals surface area contributed by atoms with Crippen molar-refractivity contribution in [1.29, 1.82) is 0 Å². The summed E-state index contributed by atoms with van der Waals surface area (Å²) < 4.78 is 33.8. The first-order chi connectivity index (χ1) is 16.1. The van der Waals surface area contributed by atoms with Gasteiger partial charge in [-0.2, -0.15) is 4.98 Å². The van der Waals surface area contributed by atoms with E-state index < -0.39 is 35.8 Å². The first-order valence-corrected chi connectivity index (χ1v) is 11.0. The molecule has 180 valence electrons. The number of nitrogens with zero attached hydrogens (tertiary/aromatic N) is 2. The molecule has 1 atom stereocenters. The summed E-state index contributed by atoms with van der Waals surface area (Å²) in [7, 11) is 0. The number of carbonyl (C=O) groups excluding carboxylic acids is 1. The maximum atomic E-state index is 13.9. The number of aromatic nitrogens is 2. The Morgan fingerprint density at radius 1 is 1.24 bits per heavy atom. The van der Waals surface area contributed by atoms with Crippen LogP contribution in [-0.2, 0) is 6.61 Å². The number of aliphatic hydroxyl groups is 2. The molecule has 3 aromatic rings. The van der Waals surface area contributed by atoms with E-state index in [1.165, 1.54) is 16.7 Å². The Morgan fingerprint density at radius 2 is 1.97 bits per heavy atom. The zero-order chi connectivity index (χ0) is 25.0. The molecule has 1 aromatic heterocycles. The van der Waals surface area contributed by atoms with Crippen molar-refractivity contribution in [2.24, 2.45) is 0 Å². The molecule has 0 saturated carbocycles. The first kappa shape index (κ1) is 25.5. The minimum atomic E-state index is -1.09. The molecular formula is C23H22BrF2N3O5. The number of aryl methyl sites for hydroxylation is 2. The van der Waals surface area contributed by atoms with E-state index in [1.807, 2.05) is 0 Å². The smallest absolute Gasteiger partial charge is 0.276 e. The van der Waals surface area contributed by atoms with E-state index in [4.69, 9.17) is 9.84 Å². The molecule has 1 amide bonds. The van der Waals surface area contributed by atoms with E-state index in [2.05, 4.69) is 26.2 Å². The number of ether oxygens (including phenoxy) is 1. The molecule has 0 aliphatic rings. The monoisotopic (exact) mass is 537 g/mol. The van der Waals surface area contributed by atoms with Gasteiger partial charge in [-0.1, -0.05) is 6.07 Å². The fraction of sp³-hybridized carbons (Fsp3) is 0.261. The Labute approximate surface area is 202 Å². The van der Waals surface area contributed by atoms with E-state index in [9.17, 15) is 23.5 Å². The lowest BCUT2D eigenvalue weighted by molar-refractivity contribution is 0.0802. The molecule has 11 heteroatoms. The van der Waals surface area contributed by atoms with Crippen molar-refractivity contribution in [3.63, 3.8) is 0 Å². The van der Waals surface area contributed by atoms with Crippen LogP contribution in [0.4, 0.5) is 8.78 Å². The van der Waals surface area contributed by atoms with E-state index in [0.29, 0.717) is 11.3 Å². The number of aliphatic hydroxyl groups excluding tert-OH is 2. The fourth-order valence-corrected chi connectivity index (χ4v) is 3.50. The van der Waals surface area contributed by atoms with Crippen molar-refractivity contribution >= 4 is 21.8 Å². The Bertz CT molecular complexity index is 1280. The largest absolute Gasteiger partial charge is 0.472 e. The van der Waals surface area contributed by atoms with Crippen LogP contribution in [-0.4, -0.2) is 44.9 Å². The molecule has 34 heavy (non-hydrogen) atoms. The number of rotatable bonds is 8. The highest BCUT2D eigenvalue weighted by molar-refractivity contribution is 9.10. The Morgan fingerprint density at radius 3 is 2.65 bits per heavy atom. The van der Waals surface area contributed by atoms with E-state index >= 15 is 0 Å². The fourth-order valence-electron chi connectivity index (χ4n) is 3.12. The number of hydrogen-bond donors (Lipinski definition) is 3. The second-order valence-corrected chi connectivity index (χ2v) is 8.28. The van der Waals surface area contributed by atoms with Crippen molar-refractivity contribution in [3.05, 3.63) is 85.4 Å². The molecule has 2 aromatic carbocycles. The number of halogens is 3. The second kappa shape index (κ2) is 10.9. The summed E-state index contributed by atoms with van der Waals surface area (Å²) in [6.07, 6.45) is -1.09. The van der Waals surface area contributed by atoms with Gasteiger partial charge in [0, 0.05) is 23.7 Å². The number of amides is 1. The number of carbonyl (C=O) groups is 1.